The maximum atomic E-state index is 15.0. The van der Waals surface area contributed by atoms with Gasteiger partial charge in [-0.3, -0.25) is 9.48 Å². The Bertz CT molecular complexity index is 1900. The normalized spacial score (nSPS) is 22.2. The molecule has 52 heavy (non-hydrogen) atoms. The number of rotatable bonds is 14. The lowest BCUT2D eigenvalue weighted by Crippen LogP contribution is -2.52. The van der Waals surface area contributed by atoms with Crippen LogP contribution in [-0.2, 0) is 21.7 Å². The molecule has 1 fully saturated rings. The number of hydrogen-bond acceptors (Lipinski definition) is 6. The molecule has 3 heterocycles. The van der Waals surface area contributed by atoms with Gasteiger partial charge in [0, 0.05) is 30.8 Å². The van der Waals surface area contributed by atoms with Crippen molar-refractivity contribution in [1.82, 2.24) is 15.0 Å². The zero-order valence-corrected chi connectivity index (χ0v) is 32.8. The standard InChI is InChI=1S/C43H54N4O4Si/c1-30(2)14-13-15-31(3)24-27-47-39-19-12-11-18-37(39)43(42(47)49)32(4)41(52(6,7)35-22-20-34(50-5)21-23-35)40(51-43)25-26-46-28-38(44-45-46)36(29-48)33-16-9-8-10-17-33/h8-12,14,16-24,28,32,36,40-41,48H,13,15,25-27,29H2,1-7H3/b31-24+/t32-,36?,40+,41-,43+/m1/s1. The number of fused-ring (bicyclic) bond motifs is 2. The first kappa shape index (κ1) is 37.4. The summed E-state index contributed by atoms with van der Waals surface area (Å²) < 4.78 is 14.7. The van der Waals surface area contributed by atoms with Gasteiger partial charge in [-0.2, -0.15) is 0 Å². The average Bonchev–Trinajstić information content (AvgIpc) is 3.80. The van der Waals surface area contributed by atoms with E-state index in [2.05, 4.69) is 87.5 Å². The third-order valence-corrected chi connectivity index (χ3v) is 15.8. The smallest absolute Gasteiger partial charge is 0.264 e. The Labute approximate surface area is 310 Å². The van der Waals surface area contributed by atoms with Crippen LogP contribution in [0.25, 0.3) is 0 Å². The first-order chi connectivity index (χ1) is 25.0. The monoisotopic (exact) mass is 718 g/mol. The Balaban J connectivity index is 1.33. The number of carbonyl (C=O) groups excluding carboxylic acids is 1. The highest BCUT2D eigenvalue weighted by atomic mass is 28.3. The zero-order chi connectivity index (χ0) is 37.0. The molecule has 3 aromatic carbocycles. The van der Waals surface area contributed by atoms with Crippen LogP contribution >= 0.6 is 0 Å². The topological polar surface area (TPSA) is 89.7 Å². The molecule has 4 aromatic rings. The molecular weight excluding hydrogens is 665 g/mol. The van der Waals surface area contributed by atoms with E-state index in [1.807, 2.05) is 70.4 Å². The van der Waals surface area contributed by atoms with Crippen molar-refractivity contribution in [2.75, 3.05) is 25.2 Å². The third kappa shape index (κ3) is 7.18. The molecule has 274 valence electrons. The fraction of sp³-hybridized carbons (Fsp3) is 0.419. The van der Waals surface area contributed by atoms with Gasteiger partial charge in [-0.05, 0) is 69.3 Å². The number of allylic oxidation sites excluding steroid dienone is 3. The first-order valence-corrected chi connectivity index (χ1v) is 21.7. The Morgan fingerprint density at radius 3 is 2.42 bits per heavy atom. The third-order valence-electron chi connectivity index (χ3n) is 11.4. The Morgan fingerprint density at radius 2 is 1.73 bits per heavy atom. The minimum absolute atomic E-state index is 0.0262. The van der Waals surface area contributed by atoms with Crippen LogP contribution in [0.15, 0.2) is 108 Å². The zero-order valence-electron chi connectivity index (χ0n) is 31.8. The van der Waals surface area contributed by atoms with E-state index in [-0.39, 0.29) is 36.0 Å². The van der Waals surface area contributed by atoms with Gasteiger partial charge in [0.05, 0.1) is 45.2 Å². The first-order valence-electron chi connectivity index (χ1n) is 18.6. The van der Waals surface area contributed by atoms with Crippen molar-refractivity contribution in [3.05, 3.63) is 125 Å². The van der Waals surface area contributed by atoms with Gasteiger partial charge in [0.25, 0.3) is 5.91 Å². The molecule has 2 aliphatic rings. The number of aryl methyl sites for hydroxylation is 1. The number of nitrogens with zero attached hydrogens (tertiary/aromatic N) is 4. The van der Waals surface area contributed by atoms with Crippen molar-refractivity contribution in [3.63, 3.8) is 0 Å². The Morgan fingerprint density at radius 1 is 1.02 bits per heavy atom. The van der Waals surface area contributed by atoms with Gasteiger partial charge >= 0.3 is 0 Å². The molecule has 1 unspecified atom stereocenters. The number of amides is 1. The second-order valence-electron chi connectivity index (χ2n) is 15.3. The van der Waals surface area contributed by atoms with Gasteiger partial charge in [-0.1, -0.05) is 114 Å². The van der Waals surface area contributed by atoms with Crippen molar-refractivity contribution in [3.8, 4) is 5.75 Å². The van der Waals surface area contributed by atoms with Crippen LogP contribution in [0, 0.1) is 5.92 Å². The van der Waals surface area contributed by atoms with Crippen LogP contribution < -0.4 is 14.8 Å². The summed E-state index contributed by atoms with van der Waals surface area (Å²) >= 11 is 0. The van der Waals surface area contributed by atoms with E-state index in [1.54, 1.807) is 7.11 Å². The van der Waals surface area contributed by atoms with E-state index in [9.17, 15) is 9.90 Å². The van der Waals surface area contributed by atoms with Crippen LogP contribution in [-0.4, -0.2) is 60.4 Å². The van der Waals surface area contributed by atoms with E-state index in [1.165, 1.54) is 16.3 Å². The largest absolute Gasteiger partial charge is 0.497 e. The molecule has 1 spiro atoms. The summed E-state index contributed by atoms with van der Waals surface area (Å²) in [6.07, 6.45) is 8.83. The van der Waals surface area contributed by atoms with Crippen molar-refractivity contribution in [2.24, 2.45) is 5.92 Å². The molecule has 0 aliphatic carbocycles. The number of aliphatic hydroxyl groups is 1. The maximum Gasteiger partial charge on any atom is 0.264 e. The van der Waals surface area contributed by atoms with Crippen LogP contribution in [0.2, 0.25) is 18.6 Å². The molecule has 1 amide bonds. The van der Waals surface area contributed by atoms with Gasteiger partial charge in [-0.15, -0.1) is 5.10 Å². The molecule has 0 saturated carbocycles. The Kier molecular flexibility index (Phi) is 11.3. The lowest BCUT2D eigenvalue weighted by Gasteiger charge is -2.37. The highest BCUT2D eigenvalue weighted by molar-refractivity contribution is 6.91. The second-order valence-corrected chi connectivity index (χ2v) is 20.0. The molecule has 5 atom stereocenters. The molecule has 1 saturated heterocycles. The van der Waals surface area contributed by atoms with Crippen LogP contribution in [0.1, 0.15) is 69.7 Å². The van der Waals surface area contributed by atoms with Crippen molar-refractivity contribution in [2.45, 2.75) is 89.8 Å². The van der Waals surface area contributed by atoms with E-state index < -0.39 is 13.7 Å². The number of aliphatic hydroxyl groups excluding tert-OH is 1. The summed E-state index contributed by atoms with van der Waals surface area (Å²) in [5, 5.41) is 20.5. The molecule has 8 nitrogen and oxygen atoms in total. The van der Waals surface area contributed by atoms with Crippen molar-refractivity contribution < 1.29 is 19.4 Å². The van der Waals surface area contributed by atoms with Gasteiger partial charge in [0.15, 0.2) is 5.60 Å². The maximum absolute atomic E-state index is 15.0. The molecule has 2 aliphatic heterocycles. The number of carbonyl (C=O) groups is 1. The molecule has 1 aromatic heterocycles. The highest BCUT2D eigenvalue weighted by Gasteiger charge is 2.66. The van der Waals surface area contributed by atoms with Gasteiger partial charge in [0.2, 0.25) is 0 Å². The van der Waals surface area contributed by atoms with Gasteiger partial charge in [0.1, 0.15) is 5.75 Å². The van der Waals surface area contributed by atoms with E-state index in [4.69, 9.17) is 9.47 Å². The van der Waals surface area contributed by atoms with E-state index >= 15 is 0 Å². The molecule has 6 rings (SSSR count). The predicted octanol–water partition coefficient (Wildman–Crippen LogP) is 7.76. The van der Waals surface area contributed by atoms with Crippen LogP contribution in [0.5, 0.6) is 5.75 Å². The predicted molar refractivity (Wildman–Crippen MR) is 211 cm³/mol. The van der Waals surface area contributed by atoms with Crippen molar-refractivity contribution >= 4 is 24.9 Å². The number of aromatic nitrogens is 3. The highest BCUT2D eigenvalue weighted by Crippen LogP contribution is 2.59. The Hall–Kier alpha value is -4.31. The minimum atomic E-state index is -2.28. The lowest BCUT2D eigenvalue weighted by molar-refractivity contribution is -0.145. The quantitative estimate of drug-likeness (QED) is 0.106. The number of benzene rings is 3. The fourth-order valence-electron chi connectivity index (χ4n) is 8.55. The van der Waals surface area contributed by atoms with Crippen LogP contribution in [0.3, 0.4) is 0 Å². The molecule has 9 heteroatoms. The molecular formula is C43H54N4O4Si. The summed E-state index contributed by atoms with van der Waals surface area (Å²) in [6, 6.07) is 26.6. The van der Waals surface area contributed by atoms with Gasteiger partial charge in [-0.25, -0.2) is 0 Å². The van der Waals surface area contributed by atoms with E-state index in [0.717, 1.165) is 41.1 Å². The average molecular weight is 719 g/mol. The summed E-state index contributed by atoms with van der Waals surface area (Å²) in [5.74, 6) is 0.526. The summed E-state index contributed by atoms with van der Waals surface area (Å²) in [6.45, 7) is 14.5. The SMILES string of the molecule is COc1ccc([Si](C)(C)[C@H]2[C@H](CCn3cc(C(CO)c4ccccc4)nn3)O[C@@]3(C(=O)N(C/C=C(\C)CCC=C(C)C)c4ccccc43)[C@@H]2C)cc1. The summed E-state index contributed by atoms with van der Waals surface area (Å²) in [7, 11) is -0.591. The number of anilines is 1. The number of para-hydroxylation sites is 1. The van der Waals surface area contributed by atoms with Crippen LogP contribution in [0.4, 0.5) is 5.69 Å². The number of hydrogen-bond donors (Lipinski definition) is 1. The number of ether oxygens (including phenoxy) is 2. The van der Waals surface area contributed by atoms with Gasteiger partial charge < -0.3 is 19.5 Å². The van der Waals surface area contributed by atoms with E-state index in [0.29, 0.717) is 19.5 Å². The lowest BCUT2D eigenvalue weighted by atomic mass is 9.82. The second kappa shape index (κ2) is 15.7. The molecule has 0 radical (unpaired) electrons. The van der Waals surface area contributed by atoms with Crippen molar-refractivity contribution in [1.29, 1.82) is 0 Å². The minimum Gasteiger partial charge on any atom is -0.497 e. The summed E-state index contributed by atoms with van der Waals surface area (Å²) in [5.41, 5.74) is 5.26. The number of methoxy groups -OCH3 is 1. The fourth-order valence-corrected chi connectivity index (χ4v) is 12.6. The molecule has 1 N–H and O–H groups in total. The summed E-state index contributed by atoms with van der Waals surface area (Å²) in [4.78, 5) is 16.9. The molecule has 0 bridgehead atoms.